The number of unbranched alkanes of at least 4 members (excludes halogenated alkanes) is 38. The molecule has 1 aliphatic rings. The van der Waals surface area contributed by atoms with E-state index >= 15 is 0 Å². The van der Waals surface area contributed by atoms with Crippen molar-refractivity contribution in [1.29, 1.82) is 0 Å². The van der Waals surface area contributed by atoms with Crippen molar-refractivity contribution in [1.82, 2.24) is 21.3 Å². The van der Waals surface area contributed by atoms with Gasteiger partial charge in [-0.25, -0.2) is 0 Å². The first-order valence-corrected chi connectivity index (χ1v) is 49.1. The van der Waals surface area contributed by atoms with Crippen molar-refractivity contribution in [2.24, 2.45) is 0 Å². The van der Waals surface area contributed by atoms with Gasteiger partial charge in [0.05, 0.1) is 64.9 Å². The van der Waals surface area contributed by atoms with Gasteiger partial charge in [0.25, 0.3) is 27.5 Å². The zero-order valence-electron chi connectivity index (χ0n) is 75.6. The minimum atomic E-state index is -5.06. The molecule has 1 fully saturated rings. The van der Waals surface area contributed by atoms with Gasteiger partial charge in [0, 0.05) is 51.6 Å². The molecule has 1 saturated heterocycles. The fraction of sp³-hybridized carbons (Fsp3) is 0.888. The van der Waals surface area contributed by atoms with Crippen molar-refractivity contribution in [3.8, 4) is 0 Å². The molecule has 0 aromatic carbocycles. The first-order valence-electron chi connectivity index (χ1n) is 46.2. The molecule has 674 valence electrons. The van der Waals surface area contributed by atoms with Gasteiger partial charge in [0.1, 0.15) is 12.2 Å². The number of hydrogen-bond acceptors (Lipinski definition) is 20. The van der Waals surface area contributed by atoms with Crippen LogP contribution in [0.1, 0.15) is 402 Å². The van der Waals surface area contributed by atoms with Crippen LogP contribution in [0.5, 0.6) is 0 Å². The zero-order valence-corrected chi connectivity index (χ0v) is 81.4. The van der Waals surface area contributed by atoms with Gasteiger partial charge in [-0.05, 0) is 104 Å². The monoisotopic (exact) mass is 1720 g/mol. The summed E-state index contributed by atoms with van der Waals surface area (Å²) in [5, 5.41) is 10.8. The summed E-state index contributed by atoms with van der Waals surface area (Å²) in [4.78, 5) is 107. The first kappa shape index (κ1) is 117. The largest absolute Gasteiger partial charge is 1.00 e. The van der Waals surface area contributed by atoms with Gasteiger partial charge in [-0.2, -0.15) is 0 Å². The Hall–Kier alpha value is -1.64. The van der Waals surface area contributed by atoms with Crippen molar-refractivity contribution < 1.29 is 153 Å². The zero-order chi connectivity index (χ0) is 84.4. The number of ether oxygens (including phenoxy) is 6. The third-order valence-corrected chi connectivity index (χ3v) is 22.4. The van der Waals surface area contributed by atoms with Gasteiger partial charge in [-0.3, -0.25) is 37.9 Å². The molecule has 4 N–H and O–H groups in total. The van der Waals surface area contributed by atoms with Gasteiger partial charge in [0.15, 0.2) is 18.0 Å². The fourth-order valence-corrected chi connectivity index (χ4v) is 15.1. The van der Waals surface area contributed by atoms with Crippen LogP contribution in [0.25, 0.3) is 0 Å². The second-order valence-corrected chi connectivity index (χ2v) is 34.9. The number of carbonyl (C=O) groups excluding carboxylic acids is 6. The Labute approximate surface area is 754 Å². The molecule has 0 aromatic rings. The number of esters is 2. The van der Waals surface area contributed by atoms with E-state index in [-0.39, 0.29) is 147 Å². The summed E-state index contributed by atoms with van der Waals surface area (Å²) in [5.41, 5.74) is 0. The van der Waals surface area contributed by atoms with E-state index in [1.54, 1.807) is 0 Å². The van der Waals surface area contributed by atoms with Crippen LogP contribution >= 0.6 is 15.6 Å². The molecule has 1 heterocycles. The summed E-state index contributed by atoms with van der Waals surface area (Å²) in [6, 6.07) is -1.78. The summed E-state index contributed by atoms with van der Waals surface area (Å²) in [5.74, 6) is -4.17. The maximum absolute atomic E-state index is 13.6. The van der Waals surface area contributed by atoms with E-state index in [0.29, 0.717) is 64.2 Å². The molecular weight excluding hydrogens is 1550 g/mol. The van der Waals surface area contributed by atoms with Crippen LogP contribution in [0.15, 0.2) is 24.3 Å². The molecule has 4 amide bonds. The SMILES string of the molecule is CCCCCC/C=C\CCCC(=O)O[C@H](CCCCCCC)CCOC[C@H](COP(=O)([O-])OCCNC(=O)[C@H]1OC(C)(C)O[C@H]1C(=O)NCCOP(=O)([O-])OC[C@@H](COCC[C@@H](CCCCCCC)OC(=O)CCC/C=C\CCCCCC)NC(=O)CCCCCCCCCCCCC)NC(=O)CCCCCCCCCCCCC.[Na+].[Na+]. The van der Waals surface area contributed by atoms with Crippen LogP contribution in [0.2, 0.25) is 0 Å². The number of phosphoric ester groups is 2. The van der Waals surface area contributed by atoms with Gasteiger partial charge in [-0.15, -0.1) is 0 Å². The van der Waals surface area contributed by atoms with E-state index in [9.17, 15) is 47.7 Å². The Morgan fingerprint density at radius 3 is 0.957 bits per heavy atom. The van der Waals surface area contributed by atoms with Crippen molar-refractivity contribution in [2.45, 2.75) is 444 Å². The summed E-state index contributed by atoms with van der Waals surface area (Å²) in [6.07, 6.45) is 58.1. The number of amides is 4. The molecule has 0 radical (unpaired) electrons. The van der Waals surface area contributed by atoms with Crippen LogP contribution in [0.4, 0.5) is 0 Å². The number of hydrogen-bond donors (Lipinski definition) is 4. The molecule has 1 aliphatic heterocycles. The molecule has 0 spiro atoms. The third-order valence-electron chi connectivity index (χ3n) is 20.5. The molecule has 0 aromatic heterocycles. The summed E-state index contributed by atoms with van der Waals surface area (Å²) in [6.45, 7) is 13.4. The van der Waals surface area contributed by atoms with E-state index in [0.717, 1.165) is 128 Å². The molecular formula is C89H166N4Na2O20P2. The Kier molecular flexibility index (Phi) is 81.7. The number of phosphoric acid groups is 2. The first-order chi connectivity index (χ1) is 55.6. The summed E-state index contributed by atoms with van der Waals surface area (Å²) >= 11 is 0. The molecule has 28 heteroatoms. The van der Waals surface area contributed by atoms with Crippen molar-refractivity contribution in [2.75, 3.05) is 65.9 Å². The van der Waals surface area contributed by atoms with Crippen molar-refractivity contribution in [3.63, 3.8) is 0 Å². The van der Waals surface area contributed by atoms with Crippen LogP contribution < -0.4 is 90.2 Å². The molecule has 0 saturated carbocycles. The fourth-order valence-electron chi connectivity index (χ4n) is 13.6. The smallest absolute Gasteiger partial charge is 0.756 e. The third kappa shape index (κ3) is 73.3. The van der Waals surface area contributed by atoms with E-state index in [4.69, 9.17) is 46.5 Å². The Balaban J connectivity index is 0. The normalized spacial score (nSPS) is 16.0. The standard InChI is InChI=1S/C89H168N4O20P2.2Na/c1-9-15-21-27-31-35-37-41-43-49-55-61-81(94)92-77(73-104-69-65-79(59-53-47-25-19-13-5)110-83(96)63-57-51-45-39-33-29-23-17-11-3)75-108-114(100,101)106-71-67-90-87(98)85-86(113-89(7,8)112-85)88(99)91-68-72-107-115(102,103)109-76-78(93-82(95)62-56-50-44-42-38-36-32-28-22-16-10-2)74-105-70-66-80(60-54-48-26-20-14-6)111-84(97)64-58-52-46-40-34-30-24-18-12-4;;/h39-40,45-46,77-80,85-86H,9-38,41-44,47-76H2,1-8H3,(H,90,98)(H,91,99)(H,92,94)(H,93,95)(H,100,101)(H,102,103);;/q;2*+1/p-2/b45-39-,46-40-;;/t77-,78-,79-,80-,85-,86+;;/m1../s1. The maximum atomic E-state index is 13.6. The van der Waals surface area contributed by atoms with E-state index in [2.05, 4.69) is 87.1 Å². The number of carbonyl (C=O) groups is 6. The van der Waals surface area contributed by atoms with Gasteiger partial charge >= 0.3 is 71.1 Å². The van der Waals surface area contributed by atoms with Gasteiger partial charge < -0.3 is 77.6 Å². The Bertz CT molecular complexity index is 2400. The topological polar surface area (TPSA) is 323 Å². The number of nitrogens with one attached hydrogen (secondary N) is 4. The molecule has 0 bridgehead atoms. The molecule has 2 unspecified atom stereocenters. The summed E-state index contributed by atoms with van der Waals surface area (Å²) in [7, 11) is -10.1. The van der Waals surface area contributed by atoms with Gasteiger partial charge in [0.2, 0.25) is 11.8 Å². The maximum Gasteiger partial charge on any atom is 1.00 e. The average molecular weight is 1720 g/mol. The van der Waals surface area contributed by atoms with Crippen LogP contribution in [-0.2, 0) is 84.4 Å². The Morgan fingerprint density at radius 2 is 0.641 bits per heavy atom. The van der Waals surface area contributed by atoms with Crippen molar-refractivity contribution >= 4 is 51.2 Å². The molecule has 0 aliphatic carbocycles. The van der Waals surface area contributed by atoms with E-state index < -0.39 is 84.0 Å². The second kappa shape index (κ2) is 81.4. The number of rotatable bonds is 84. The predicted molar refractivity (Wildman–Crippen MR) is 456 cm³/mol. The minimum Gasteiger partial charge on any atom is -0.756 e. The molecule has 117 heavy (non-hydrogen) atoms. The Morgan fingerprint density at radius 1 is 0.359 bits per heavy atom. The average Bonchev–Trinajstić information content (AvgIpc) is 1.66. The quantitative estimate of drug-likeness (QED) is 0.0144. The molecule has 1 rings (SSSR count). The molecule has 24 nitrogen and oxygen atoms in total. The number of allylic oxidation sites excluding steroid dienone is 4. The molecule has 8 atom stereocenters. The predicted octanol–water partition coefficient (Wildman–Crippen LogP) is 13.9. The van der Waals surface area contributed by atoms with Crippen molar-refractivity contribution in [3.05, 3.63) is 24.3 Å². The van der Waals surface area contributed by atoms with Gasteiger partial charge in [-0.1, -0.05) is 284 Å². The second-order valence-electron chi connectivity index (χ2n) is 32.1. The minimum absolute atomic E-state index is 0. The summed E-state index contributed by atoms with van der Waals surface area (Å²) < 4.78 is 83.1. The van der Waals surface area contributed by atoms with Crippen LogP contribution in [0, 0.1) is 0 Å². The van der Waals surface area contributed by atoms with Crippen LogP contribution in [-0.4, -0.2) is 144 Å². The van der Waals surface area contributed by atoms with E-state index in [1.165, 1.54) is 155 Å². The van der Waals surface area contributed by atoms with Crippen LogP contribution in [0.3, 0.4) is 0 Å². The van der Waals surface area contributed by atoms with E-state index in [1.807, 2.05) is 0 Å².